The van der Waals surface area contributed by atoms with Gasteiger partial charge in [0.25, 0.3) is 5.91 Å². The van der Waals surface area contributed by atoms with Crippen LogP contribution in [0.15, 0.2) is 30.3 Å². The lowest BCUT2D eigenvalue weighted by atomic mass is 10.2. The number of benzene rings is 1. The number of morpholine rings is 1. The number of halogens is 2. The first-order valence-corrected chi connectivity index (χ1v) is 7.52. The number of ether oxygens (including phenoxy) is 1. The van der Waals surface area contributed by atoms with Gasteiger partial charge in [0.1, 0.15) is 11.6 Å². The van der Waals surface area contributed by atoms with E-state index in [-0.39, 0.29) is 17.8 Å². The first kappa shape index (κ1) is 16.3. The number of hydrogen-bond acceptors (Lipinski definition) is 5. The Morgan fingerprint density at radius 1 is 1.17 bits per heavy atom. The summed E-state index contributed by atoms with van der Waals surface area (Å²) in [6.07, 6.45) is 0. The molecule has 1 amide bonds. The molecule has 1 aliphatic rings. The SMILES string of the molecule is O=C(NCc1ccc(F)cc1F)c1ccc(N2CCOCC2)nn1. The summed E-state index contributed by atoms with van der Waals surface area (Å²) in [6.45, 7) is 2.66. The largest absolute Gasteiger partial charge is 0.378 e. The molecular formula is C16H16F2N4O2. The van der Waals surface area contributed by atoms with Gasteiger partial charge in [-0.3, -0.25) is 4.79 Å². The van der Waals surface area contributed by atoms with Crippen LogP contribution in [0.4, 0.5) is 14.6 Å². The van der Waals surface area contributed by atoms with E-state index in [4.69, 9.17) is 4.74 Å². The minimum Gasteiger partial charge on any atom is -0.378 e. The van der Waals surface area contributed by atoms with E-state index in [0.29, 0.717) is 19.0 Å². The molecule has 1 fully saturated rings. The summed E-state index contributed by atoms with van der Waals surface area (Å²) in [5.41, 5.74) is 0.331. The van der Waals surface area contributed by atoms with Crippen molar-refractivity contribution in [3.63, 3.8) is 0 Å². The molecular weight excluding hydrogens is 318 g/mol. The molecule has 1 aliphatic heterocycles. The van der Waals surface area contributed by atoms with Crippen molar-refractivity contribution >= 4 is 11.7 Å². The molecule has 2 aromatic rings. The van der Waals surface area contributed by atoms with E-state index in [1.54, 1.807) is 12.1 Å². The number of nitrogens with zero attached hydrogens (tertiary/aromatic N) is 3. The van der Waals surface area contributed by atoms with Gasteiger partial charge in [-0.25, -0.2) is 8.78 Å². The maximum Gasteiger partial charge on any atom is 0.272 e. The lowest BCUT2D eigenvalue weighted by Gasteiger charge is -2.27. The molecule has 126 valence electrons. The predicted octanol–water partition coefficient (Wildman–Crippen LogP) is 1.52. The van der Waals surface area contributed by atoms with Gasteiger partial charge < -0.3 is 15.0 Å². The molecule has 0 unspecified atom stereocenters. The Hall–Kier alpha value is -2.61. The molecule has 1 saturated heterocycles. The van der Waals surface area contributed by atoms with Crippen molar-refractivity contribution in [3.05, 3.63) is 53.2 Å². The zero-order chi connectivity index (χ0) is 16.9. The van der Waals surface area contributed by atoms with Crippen LogP contribution in [-0.2, 0) is 11.3 Å². The van der Waals surface area contributed by atoms with Crippen LogP contribution in [-0.4, -0.2) is 42.4 Å². The number of carbonyl (C=O) groups is 1. The maximum absolute atomic E-state index is 13.5. The monoisotopic (exact) mass is 334 g/mol. The first-order chi connectivity index (χ1) is 11.6. The summed E-state index contributed by atoms with van der Waals surface area (Å²) in [6, 6.07) is 6.48. The summed E-state index contributed by atoms with van der Waals surface area (Å²) < 4.78 is 31.6. The Labute approximate surface area is 137 Å². The lowest BCUT2D eigenvalue weighted by molar-refractivity contribution is 0.0944. The summed E-state index contributed by atoms with van der Waals surface area (Å²) in [7, 11) is 0. The molecule has 0 saturated carbocycles. The van der Waals surface area contributed by atoms with Gasteiger partial charge in [-0.15, -0.1) is 10.2 Å². The fourth-order valence-electron chi connectivity index (χ4n) is 2.34. The Kier molecular flexibility index (Phi) is 4.95. The molecule has 8 heteroatoms. The molecule has 1 aromatic heterocycles. The number of carbonyl (C=O) groups excluding carboxylic acids is 1. The predicted molar refractivity (Wildman–Crippen MR) is 82.6 cm³/mol. The third kappa shape index (κ3) is 3.83. The average molecular weight is 334 g/mol. The maximum atomic E-state index is 13.5. The quantitative estimate of drug-likeness (QED) is 0.918. The molecule has 1 aromatic carbocycles. The molecule has 2 heterocycles. The normalized spacial score (nSPS) is 14.5. The third-order valence-electron chi connectivity index (χ3n) is 3.67. The van der Waals surface area contributed by atoms with E-state index < -0.39 is 17.5 Å². The molecule has 24 heavy (non-hydrogen) atoms. The minimum atomic E-state index is -0.705. The second-order valence-corrected chi connectivity index (χ2v) is 5.29. The third-order valence-corrected chi connectivity index (χ3v) is 3.67. The Balaban J connectivity index is 1.60. The summed E-state index contributed by atoms with van der Waals surface area (Å²) >= 11 is 0. The lowest BCUT2D eigenvalue weighted by Crippen LogP contribution is -2.37. The van der Waals surface area contributed by atoms with Gasteiger partial charge in [-0.2, -0.15) is 0 Å². The second-order valence-electron chi connectivity index (χ2n) is 5.29. The number of amides is 1. The van der Waals surface area contributed by atoms with E-state index in [0.717, 1.165) is 25.2 Å². The number of rotatable bonds is 4. The van der Waals surface area contributed by atoms with Crippen molar-refractivity contribution in [2.24, 2.45) is 0 Å². The molecule has 0 spiro atoms. The summed E-state index contributed by atoms with van der Waals surface area (Å²) in [5.74, 6) is -1.16. The van der Waals surface area contributed by atoms with Crippen molar-refractivity contribution in [2.45, 2.75) is 6.54 Å². The molecule has 3 rings (SSSR count). The Bertz CT molecular complexity index is 719. The molecule has 0 radical (unpaired) electrons. The Morgan fingerprint density at radius 2 is 1.96 bits per heavy atom. The van der Waals surface area contributed by atoms with Crippen molar-refractivity contribution in [3.8, 4) is 0 Å². The van der Waals surface area contributed by atoms with Gasteiger partial charge >= 0.3 is 0 Å². The van der Waals surface area contributed by atoms with Crippen LogP contribution >= 0.6 is 0 Å². The highest BCUT2D eigenvalue weighted by Crippen LogP contribution is 2.12. The summed E-state index contributed by atoms with van der Waals surface area (Å²) in [4.78, 5) is 14.1. The van der Waals surface area contributed by atoms with Gasteiger partial charge in [0.15, 0.2) is 11.5 Å². The topological polar surface area (TPSA) is 67.4 Å². The van der Waals surface area contributed by atoms with E-state index in [1.807, 2.05) is 4.90 Å². The van der Waals surface area contributed by atoms with E-state index in [2.05, 4.69) is 15.5 Å². The van der Waals surface area contributed by atoms with Gasteiger partial charge in [0.05, 0.1) is 13.2 Å². The van der Waals surface area contributed by atoms with Crippen molar-refractivity contribution in [1.82, 2.24) is 15.5 Å². The molecule has 0 aliphatic carbocycles. The molecule has 1 N–H and O–H groups in total. The minimum absolute atomic E-state index is 0.0577. The highest BCUT2D eigenvalue weighted by Gasteiger charge is 2.15. The highest BCUT2D eigenvalue weighted by molar-refractivity contribution is 5.92. The number of nitrogens with one attached hydrogen (secondary N) is 1. The average Bonchev–Trinajstić information content (AvgIpc) is 2.62. The van der Waals surface area contributed by atoms with Gasteiger partial charge in [0.2, 0.25) is 0 Å². The van der Waals surface area contributed by atoms with Crippen LogP contribution < -0.4 is 10.2 Å². The van der Waals surface area contributed by atoms with Crippen molar-refractivity contribution in [1.29, 1.82) is 0 Å². The van der Waals surface area contributed by atoms with Crippen LogP contribution in [0.1, 0.15) is 16.1 Å². The molecule has 0 atom stereocenters. The zero-order valence-electron chi connectivity index (χ0n) is 12.8. The smallest absolute Gasteiger partial charge is 0.272 e. The summed E-state index contributed by atoms with van der Waals surface area (Å²) in [5, 5.41) is 10.5. The number of anilines is 1. The fourth-order valence-corrected chi connectivity index (χ4v) is 2.34. The van der Waals surface area contributed by atoms with Crippen LogP contribution in [0, 0.1) is 11.6 Å². The number of hydrogen-bond donors (Lipinski definition) is 1. The van der Waals surface area contributed by atoms with Gasteiger partial charge in [-0.1, -0.05) is 6.07 Å². The van der Waals surface area contributed by atoms with Crippen LogP contribution in [0.3, 0.4) is 0 Å². The zero-order valence-corrected chi connectivity index (χ0v) is 12.8. The van der Waals surface area contributed by atoms with Gasteiger partial charge in [-0.05, 0) is 18.2 Å². The number of aromatic nitrogens is 2. The fraction of sp³-hybridized carbons (Fsp3) is 0.312. The van der Waals surface area contributed by atoms with Crippen LogP contribution in [0.5, 0.6) is 0 Å². The van der Waals surface area contributed by atoms with Gasteiger partial charge in [0, 0.05) is 31.3 Å². The standard InChI is InChI=1S/C16H16F2N4O2/c17-12-2-1-11(13(18)9-12)10-19-16(23)14-3-4-15(21-20-14)22-5-7-24-8-6-22/h1-4,9H,5-8,10H2,(H,19,23). The van der Waals surface area contributed by atoms with Crippen LogP contribution in [0.2, 0.25) is 0 Å². The van der Waals surface area contributed by atoms with Crippen LogP contribution in [0.25, 0.3) is 0 Å². The van der Waals surface area contributed by atoms with E-state index in [9.17, 15) is 13.6 Å². The molecule has 6 nitrogen and oxygen atoms in total. The first-order valence-electron chi connectivity index (χ1n) is 7.52. The van der Waals surface area contributed by atoms with Crippen molar-refractivity contribution in [2.75, 3.05) is 31.2 Å². The van der Waals surface area contributed by atoms with Crippen molar-refractivity contribution < 1.29 is 18.3 Å². The Morgan fingerprint density at radius 3 is 2.62 bits per heavy atom. The second kappa shape index (κ2) is 7.31. The van der Waals surface area contributed by atoms with E-state index >= 15 is 0 Å². The highest BCUT2D eigenvalue weighted by atomic mass is 19.1. The molecule has 0 bridgehead atoms. The van der Waals surface area contributed by atoms with E-state index in [1.165, 1.54) is 6.07 Å².